The first-order valence-electron chi connectivity index (χ1n) is 11.2. The summed E-state index contributed by atoms with van der Waals surface area (Å²) in [7, 11) is 0. The molecule has 1 heterocycles. The summed E-state index contributed by atoms with van der Waals surface area (Å²) in [4.78, 5) is 8.85. The number of para-hydroxylation sites is 1. The zero-order valence-corrected chi connectivity index (χ0v) is 20.9. The van der Waals surface area contributed by atoms with Crippen LogP contribution in [0.5, 0.6) is 0 Å². The summed E-state index contributed by atoms with van der Waals surface area (Å²) in [5, 5.41) is 9.28. The van der Waals surface area contributed by atoms with Gasteiger partial charge in [-0.15, -0.1) is 0 Å². The first-order chi connectivity index (χ1) is 16.4. The number of benzene rings is 2. The molecule has 1 aromatic heterocycles. The second-order valence-corrected chi connectivity index (χ2v) is 9.30. The van der Waals surface area contributed by atoms with Crippen molar-refractivity contribution in [3.05, 3.63) is 82.7 Å². The average molecular weight is 504 g/mol. The largest absolute Gasteiger partial charge is 0.430 e. The summed E-state index contributed by atoms with van der Waals surface area (Å²) in [5.41, 5.74) is 3.01. The van der Waals surface area contributed by atoms with E-state index in [9.17, 15) is 13.2 Å². The van der Waals surface area contributed by atoms with E-state index in [1.165, 1.54) is 6.20 Å². The summed E-state index contributed by atoms with van der Waals surface area (Å²) in [6, 6.07) is 13.6. The molecule has 3 rings (SSSR count). The Morgan fingerprint density at radius 3 is 2.43 bits per heavy atom. The van der Waals surface area contributed by atoms with Gasteiger partial charge in [0, 0.05) is 23.3 Å². The van der Waals surface area contributed by atoms with E-state index in [-0.39, 0.29) is 6.54 Å². The fourth-order valence-electron chi connectivity index (χ4n) is 3.43. The minimum absolute atomic E-state index is 0.0677. The van der Waals surface area contributed by atoms with E-state index in [0.717, 1.165) is 34.5 Å². The van der Waals surface area contributed by atoms with Crippen molar-refractivity contribution in [2.75, 3.05) is 17.2 Å². The van der Waals surface area contributed by atoms with Crippen LogP contribution in [-0.2, 0) is 11.8 Å². The van der Waals surface area contributed by atoms with Crippen LogP contribution in [0.1, 0.15) is 37.5 Å². The van der Waals surface area contributed by atoms with Gasteiger partial charge in [-0.3, -0.25) is 0 Å². The molecule has 0 aliphatic heterocycles. The van der Waals surface area contributed by atoms with Crippen LogP contribution in [0.4, 0.5) is 36.3 Å². The zero-order valence-electron chi connectivity index (χ0n) is 20.1. The topological polar surface area (TPSA) is 61.9 Å². The second kappa shape index (κ2) is 10.6. The zero-order chi connectivity index (χ0) is 25.8. The Labute approximate surface area is 208 Å². The highest BCUT2D eigenvalue weighted by atomic mass is 35.5. The first-order valence-corrected chi connectivity index (χ1v) is 11.5. The molecule has 0 saturated heterocycles. The molecule has 2 aromatic carbocycles. The molecular formula is C26H29ClF3N5. The number of aryl methyl sites for hydroxylation is 2. The van der Waals surface area contributed by atoms with E-state index in [0.29, 0.717) is 16.8 Å². The predicted molar refractivity (Wildman–Crippen MR) is 137 cm³/mol. The molecule has 0 saturated carbocycles. The highest BCUT2D eigenvalue weighted by Crippen LogP contribution is 2.31. The van der Waals surface area contributed by atoms with E-state index in [4.69, 9.17) is 11.6 Å². The van der Waals surface area contributed by atoms with Crippen molar-refractivity contribution in [3.8, 4) is 0 Å². The van der Waals surface area contributed by atoms with Gasteiger partial charge >= 0.3 is 6.18 Å². The number of allylic oxidation sites excluding steroid dienone is 1. The van der Waals surface area contributed by atoms with Gasteiger partial charge in [-0.2, -0.15) is 18.2 Å². The lowest BCUT2D eigenvalue weighted by atomic mass is 9.83. The van der Waals surface area contributed by atoms with E-state index >= 15 is 0 Å². The van der Waals surface area contributed by atoms with E-state index in [1.807, 2.05) is 70.2 Å². The van der Waals surface area contributed by atoms with Gasteiger partial charge in [-0.05, 0) is 42.2 Å². The third-order valence-corrected chi connectivity index (χ3v) is 6.02. The molecule has 35 heavy (non-hydrogen) atoms. The SMILES string of the molecule is C=C(NCC(C)(C)c1ccc(CC)c(Nc2ncc(Cl)c(Nc3ccccc3C)n2)c1)C(F)(F)F. The quantitative estimate of drug-likeness (QED) is 0.283. The molecule has 186 valence electrons. The molecule has 0 amide bonds. The highest BCUT2D eigenvalue weighted by molar-refractivity contribution is 6.32. The number of aromatic nitrogens is 2. The molecule has 9 heteroatoms. The molecule has 0 radical (unpaired) electrons. The Morgan fingerprint density at radius 1 is 1.06 bits per heavy atom. The van der Waals surface area contributed by atoms with Crippen LogP contribution in [0.15, 0.2) is 60.9 Å². The third-order valence-electron chi connectivity index (χ3n) is 5.75. The van der Waals surface area contributed by atoms with Crippen LogP contribution in [0.25, 0.3) is 0 Å². The monoisotopic (exact) mass is 503 g/mol. The van der Waals surface area contributed by atoms with Crippen LogP contribution in [0.2, 0.25) is 5.02 Å². The summed E-state index contributed by atoms with van der Waals surface area (Å²) >= 11 is 6.33. The molecule has 0 atom stereocenters. The van der Waals surface area contributed by atoms with Crippen LogP contribution < -0.4 is 16.0 Å². The smallest absolute Gasteiger partial charge is 0.381 e. The number of nitrogens with one attached hydrogen (secondary N) is 3. The van der Waals surface area contributed by atoms with Crippen LogP contribution >= 0.6 is 11.6 Å². The van der Waals surface area contributed by atoms with Gasteiger partial charge in [-0.25, -0.2) is 4.98 Å². The van der Waals surface area contributed by atoms with Crippen molar-refractivity contribution in [2.45, 2.75) is 45.7 Å². The van der Waals surface area contributed by atoms with E-state index in [2.05, 4.69) is 32.5 Å². The average Bonchev–Trinajstić information content (AvgIpc) is 2.80. The van der Waals surface area contributed by atoms with Gasteiger partial charge < -0.3 is 16.0 Å². The maximum absolute atomic E-state index is 12.9. The molecule has 0 aliphatic rings. The minimum Gasteiger partial charge on any atom is -0.381 e. The third kappa shape index (κ3) is 6.66. The molecule has 5 nitrogen and oxygen atoms in total. The molecule has 0 fully saturated rings. The highest BCUT2D eigenvalue weighted by Gasteiger charge is 2.33. The van der Waals surface area contributed by atoms with Crippen molar-refractivity contribution in [3.63, 3.8) is 0 Å². The number of rotatable bonds is 9. The molecule has 0 spiro atoms. The Balaban J connectivity index is 1.85. The van der Waals surface area contributed by atoms with Crippen molar-refractivity contribution in [2.24, 2.45) is 0 Å². The van der Waals surface area contributed by atoms with Crippen molar-refractivity contribution < 1.29 is 13.2 Å². The summed E-state index contributed by atoms with van der Waals surface area (Å²) < 4.78 is 38.6. The Morgan fingerprint density at radius 2 is 1.77 bits per heavy atom. The van der Waals surface area contributed by atoms with Gasteiger partial charge in [0.15, 0.2) is 5.82 Å². The lowest BCUT2D eigenvalue weighted by molar-refractivity contribution is -0.0965. The van der Waals surface area contributed by atoms with Crippen molar-refractivity contribution in [1.82, 2.24) is 15.3 Å². The van der Waals surface area contributed by atoms with E-state index < -0.39 is 17.3 Å². The first kappa shape index (κ1) is 26.3. The lowest BCUT2D eigenvalue weighted by Gasteiger charge is -2.28. The van der Waals surface area contributed by atoms with Crippen molar-refractivity contribution >= 4 is 34.7 Å². The molecule has 0 bridgehead atoms. The fourth-order valence-corrected chi connectivity index (χ4v) is 3.57. The number of hydrogen-bond acceptors (Lipinski definition) is 5. The number of hydrogen-bond donors (Lipinski definition) is 3. The van der Waals surface area contributed by atoms with Gasteiger partial charge in [0.2, 0.25) is 5.95 Å². The molecule has 3 aromatic rings. The van der Waals surface area contributed by atoms with Gasteiger partial charge in [0.1, 0.15) is 10.7 Å². The molecule has 0 unspecified atom stereocenters. The number of halogens is 4. The molecular weight excluding hydrogens is 475 g/mol. The van der Waals surface area contributed by atoms with E-state index in [1.54, 1.807) is 0 Å². The summed E-state index contributed by atoms with van der Waals surface area (Å²) in [6.45, 7) is 10.9. The van der Waals surface area contributed by atoms with Crippen LogP contribution in [-0.4, -0.2) is 22.7 Å². The molecule has 3 N–H and O–H groups in total. The maximum atomic E-state index is 12.9. The van der Waals surface area contributed by atoms with Gasteiger partial charge in [0.05, 0.1) is 6.20 Å². The van der Waals surface area contributed by atoms with Crippen LogP contribution in [0.3, 0.4) is 0 Å². The minimum atomic E-state index is -4.48. The predicted octanol–water partition coefficient (Wildman–Crippen LogP) is 7.43. The normalized spacial score (nSPS) is 11.8. The van der Waals surface area contributed by atoms with Crippen LogP contribution in [0, 0.1) is 6.92 Å². The second-order valence-electron chi connectivity index (χ2n) is 8.89. The number of anilines is 4. The van der Waals surface area contributed by atoms with Crippen molar-refractivity contribution in [1.29, 1.82) is 0 Å². The number of alkyl halides is 3. The Kier molecular flexibility index (Phi) is 7.95. The standard InChI is InChI=1S/C26H29ClF3N5/c1-6-18-11-12-19(25(4,5)15-32-17(3)26(28,29)30)13-22(18)34-24-31-14-20(27)23(35-24)33-21-10-8-7-9-16(21)2/h7-14,32H,3,6,15H2,1-2,4-5H3,(H2,31,33,34,35). The lowest BCUT2D eigenvalue weighted by Crippen LogP contribution is -2.36. The molecule has 0 aliphatic carbocycles. The van der Waals surface area contributed by atoms with Gasteiger partial charge in [0.25, 0.3) is 0 Å². The Hall–Kier alpha value is -3.26. The Bertz CT molecular complexity index is 1210. The summed E-state index contributed by atoms with van der Waals surface area (Å²) in [5.74, 6) is 0.807. The summed E-state index contributed by atoms with van der Waals surface area (Å²) in [6.07, 6.45) is -2.22. The fraction of sp³-hybridized carbons (Fsp3) is 0.308. The number of nitrogens with zero attached hydrogens (tertiary/aromatic N) is 2. The van der Waals surface area contributed by atoms with Gasteiger partial charge in [-0.1, -0.05) is 69.3 Å². The maximum Gasteiger partial charge on any atom is 0.430 e.